The minimum atomic E-state index is -2.17. The lowest BCUT2D eigenvalue weighted by Gasteiger charge is -1.69. The van der Waals surface area contributed by atoms with Gasteiger partial charge in [0.15, 0.2) is 0 Å². The quantitative estimate of drug-likeness (QED) is 0.440. The standard InChI is InChI=1S/C4H4S.BH3O3/c1-2-4-5-3-1;2-1(3)4/h1-4H;2-4H. The van der Waals surface area contributed by atoms with Gasteiger partial charge in [0.2, 0.25) is 0 Å². The van der Waals surface area contributed by atoms with Crippen molar-refractivity contribution in [2.24, 2.45) is 0 Å². The van der Waals surface area contributed by atoms with Gasteiger partial charge in [-0.15, -0.1) is 0 Å². The lowest BCUT2D eigenvalue weighted by molar-refractivity contribution is 0.278. The third kappa shape index (κ3) is 11.3. The number of rotatable bonds is 0. The monoisotopic (exact) mass is 146 g/mol. The van der Waals surface area contributed by atoms with Gasteiger partial charge in [-0.25, -0.2) is 0 Å². The van der Waals surface area contributed by atoms with Gasteiger partial charge in [0.1, 0.15) is 0 Å². The summed E-state index contributed by atoms with van der Waals surface area (Å²) in [6, 6.07) is 4.04. The van der Waals surface area contributed by atoms with Crippen LogP contribution in [0.5, 0.6) is 0 Å². The highest BCUT2D eigenvalue weighted by Crippen LogP contribution is 1.91. The Hall–Kier alpha value is -0.355. The predicted octanol–water partition coefficient (Wildman–Crippen LogP) is -0.304. The Kier molecular flexibility index (Phi) is 5.55. The lowest BCUT2D eigenvalue weighted by Crippen LogP contribution is -2.07. The van der Waals surface area contributed by atoms with Gasteiger partial charge in [-0.3, -0.25) is 0 Å². The molecule has 0 unspecified atom stereocenters. The molecule has 0 saturated carbocycles. The highest BCUT2D eigenvalue weighted by atomic mass is 32.1. The summed E-state index contributed by atoms with van der Waals surface area (Å²) in [5.41, 5.74) is 0. The second-order valence-electron chi connectivity index (χ2n) is 1.14. The normalized spacial score (nSPS) is 7.44. The molecule has 1 rings (SSSR count). The molecule has 0 spiro atoms. The molecule has 0 atom stereocenters. The highest BCUT2D eigenvalue weighted by molar-refractivity contribution is 7.07. The average Bonchev–Trinajstić information content (AvgIpc) is 2.11. The molecule has 0 fully saturated rings. The Morgan fingerprint density at radius 1 is 1.00 bits per heavy atom. The van der Waals surface area contributed by atoms with Crippen molar-refractivity contribution in [1.29, 1.82) is 0 Å². The minimum Gasteiger partial charge on any atom is -0.402 e. The van der Waals surface area contributed by atoms with Crippen molar-refractivity contribution in [2.45, 2.75) is 0 Å². The third-order valence-electron chi connectivity index (χ3n) is 0.425. The van der Waals surface area contributed by atoms with E-state index in [0.717, 1.165) is 0 Å². The van der Waals surface area contributed by atoms with Gasteiger partial charge in [0.05, 0.1) is 0 Å². The molecular weight excluding hydrogens is 139 g/mol. The van der Waals surface area contributed by atoms with Crippen LogP contribution in [0.15, 0.2) is 22.9 Å². The Labute approximate surface area is 57.4 Å². The predicted molar refractivity (Wildman–Crippen MR) is 36.7 cm³/mol. The van der Waals surface area contributed by atoms with Gasteiger partial charge >= 0.3 is 7.32 Å². The summed E-state index contributed by atoms with van der Waals surface area (Å²) in [5.74, 6) is 0. The van der Waals surface area contributed by atoms with Crippen molar-refractivity contribution < 1.29 is 15.1 Å². The summed E-state index contributed by atoms with van der Waals surface area (Å²) in [6.45, 7) is 0. The number of hydrogen-bond donors (Lipinski definition) is 3. The Balaban J connectivity index is 0.000000148. The van der Waals surface area contributed by atoms with Crippen molar-refractivity contribution in [1.82, 2.24) is 0 Å². The van der Waals surface area contributed by atoms with Crippen molar-refractivity contribution >= 4 is 18.7 Å². The van der Waals surface area contributed by atoms with Crippen molar-refractivity contribution in [3.05, 3.63) is 22.9 Å². The molecule has 9 heavy (non-hydrogen) atoms. The third-order valence-corrected chi connectivity index (χ3v) is 1.05. The largest absolute Gasteiger partial charge is 0.631 e. The maximum absolute atomic E-state index is 7.17. The van der Waals surface area contributed by atoms with Crippen molar-refractivity contribution in [3.63, 3.8) is 0 Å². The minimum absolute atomic E-state index is 1.71. The molecule has 3 nitrogen and oxygen atoms in total. The van der Waals surface area contributed by atoms with Crippen LogP contribution in [0.4, 0.5) is 0 Å². The van der Waals surface area contributed by atoms with Crippen LogP contribution in [0.25, 0.3) is 0 Å². The first-order valence-corrected chi connectivity index (χ1v) is 3.19. The molecule has 50 valence electrons. The van der Waals surface area contributed by atoms with Crippen molar-refractivity contribution in [3.8, 4) is 0 Å². The van der Waals surface area contributed by atoms with Gasteiger partial charge in [-0.05, 0) is 10.8 Å². The van der Waals surface area contributed by atoms with E-state index < -0.39 is 7.32 Å². The van der Waals surface area contributed by atoms with E-state index in [2.05, 4.69) is 0 Å². The molecule has 0 saturated heterocycles. The maximum atomic E-state index is 7.17. The Morgan fingerprint density at radius 3 is 1.44 bits per heavy atom. The lowest BCUT2D eigenvalue weighted by atomic mass is 10.3. The first kappa shape index (κ1) is 8.64. The molecule has 1 heterocycles. The Morgan fingerprint density at radius 2 is 1.33 bits per heavy atom. The molecule has 3 N–H and O–H groups in total. The second kappa shape index (κ2) is 5.78. The summed E-state index contributed by atoms with van der Waals surface area (Å²) in [6.07, 6.45) is 0. The zero-order valence-corrected chi connectivity index (χ0v) is 5.45. The fourth-order valence-electron chi connectivity index (χ4n) is 0.227. The number of thiophene rings is 1. The van der Waals surface area contributed by atoms with Gasteiger partial charge in [-0.1, -0.05) is 12.1 Å². The van der Waals surface area contributed by atoms with Crippen LogP contribution in [-0.2, 0) is 0 Å². The average molecular weight is 146 g/mol. The topological polar surface area (TPSA) is 60.7 Å². The summed E-state index contributed by atoms with van der Waals surface area (Å²) in [5, 5.41) is 25.6. The van der Waals surface area contributed by atoms with Crippen LogP contribution in [0.2, 0.25) is 0 Å². The van der Waals surface area contributed by atoms with Crippen LogP contribution >= 0.6 is 11.3 Å². The number of hydrogen-bond acceptors (Lipinski definition) is 4. The van der Waals surface area contributed by atoms with E-state index in [1.807, 2.05) is 22.9 Å². The van der Waals surface area contributed by atoms with Gasteiger partial charge in [0, 0.05) is 0 Å². The first-order valence-electron chi connectivity index (χ1n) is 2.25. The van der Waals surface area contributed by atoms with Gasteiger partial charge < -0.3 is 15.1 Å². The van der Waals surface area contributed by atoms with Gasteiger partial charge in [0.25, 0.3) is 0 Å². The van der Waals surface area contributed by atoms with E-state index in [1.165, 1.54) is 0 Å². The fraction of sp³-hybridized carbons (Fsp3) is 0. The molecule has 0 aliphatic rings. The SMILES string of the molecule is OB(O)O.c1ccsc1. The Bertz CT molecular complexity index is 99.4. The van der Waals surface area contributed by atoms with Crippen LogP contribution in [0.1, 0.15) is 0 Å². The molecule has 1 aromatic rings. The van der Waals surface area contributed by atoms with E-state index in [0.29, 0.717) is 0 Å². The van der Waals surface area contributed by atoms with E-state index in [-0.39, 0.29) is 0 Å². The van der Waals surface area contributed by atoms with Gasteiger partial charge in [-0.2, -0.15) is 11.3 Å². The van der Waals surface area contributed by atoms with E-state index in [4.69, 9.17) is 15.1 Å². The smallest absolute Gasteiger partial charge is 0.402 e. The molecule has 0 bridgehead atoms. The second-order valence-corrected chi connectivity index (χ2v) is 1.96. The van der Waals surface area contributed by atoms with E-state index >= 15 is 0 Å². The van der Waals surface area contributed by atoms with E-state index in [9.17, 15) is 0 Å². The van der Waals surface area contributed by atoms with Crippen LogP contribution in [0, 0.1) is 0 Å². The first-order chi connectivity index (χ1) is 4.23. The van der Waals surface area contributed by atoms with Crippen LogP contribution in [0.3, 0.4) is 0 Å². The molecule has 5 heteroatoms. The summed E-state index contributed by atoms with van der Waals surface area (Å²) in [4.78, 5) is 0. The summed E-state index contributed by atoms with van der Waals surface area (Å²) < 4.78 is 0. The van der Waals surface area contributed by atoms with Crippen molar-refractivity contribution in [2.75, 3.05) is 0 Å². The molecule has 0 amide bonds. The molecule has 0 aliphatic heterocycles. The maximum Gasteiger partial charge on any atom is 0.631 e. The molecule has 1 aromatic heterocycles. The highest BCUT2D eigenvalue weighted by Gasteiger charge is 1.92. The molecule has 0 aromatic carbocycles. The van der Waals surface area contributed by atoms with E-state index in [1.54, 1.807) is 11.3 Å². The summed E-state index contributed by atoms with van der Waals surface area (Å²) >= 11 is 1.71. The zero-order valence-electron chi connectivity index (χ0n) is 4.64. The molecule has 0 radical (unpaired) electrons. The summed E-state index contributed by atoms with van der Waals surface area (Å²) in [7, 11) is -2.17. The molecular formula is C4H7BO3S. The fourth-order valence-corrected chi connectivity index (χ4v) is 0.680. The molecule has 0 aliphatic carbocycles. The van der Waals surface area contributed by atoms with Crippen LogP contribution < -0.4 is 0 Å². The van der Waals surface area contributed by atoms with Crippen LogP contribution in [-0.4, -0.2) is 22.4 Å². The zero-order chi connectivity index (χ0) is 7.11.